The van der Waals surface area contributed by atoms with E-state index in [-0.39, 0.29) is 5.91 Å². The van der Waals surface area contributed by atoms with Crippen molar-refractivity contribution in [2.24, 2.45) is 0 Å². The Hall–Kier alpha value is -3.47. The highest BCUT2D eigenvalue weighted by atomic mass is 16.5. The van der Waals surface area contributed by atoms with Crippen LogP contribution in [0.3, 0.4) is 0 Å². The fraction of sp³-hybridized carbons (Fsp3) is 0.0500. The number of nitrogens with one attached hydrogen (secondary N) is 2. The summed E-state index contributed by atoms with van der Waals surface area (Å²) in [5, 5.41) is 5.85. The van der Waals surface area contributed by atoms with Crippen LogP contribution in [0, 0.1) is 0 Å². The van der Waals surface area contributed by atoms with Gasteiger partial charge in [0.1, 0.15) is 11.5 Å². The molecule has 0 unspecified atom stereocenters. The zero-order valence-corrected chi connectivity index (χ0v) is 13.8. The summed E-state index contributed by atoms with van der Waals surface area (Å²) >= 11 is 0. The molecule has 0 fully saturated rings. The predicted molar refractivity (Wildman–Crippen MR) is 100 cm³/mol. The molecule has 3 rings (SSSR count). The van der Waals surface area contributed by atoms with E-state index < -0.39 is 0 Å². The molecule has 25 heavy (non-hydrogen) atoms. The fourth-order valence-corrected chi connectivity index (χ4v) is 2.38. The van der Waals surface area contributed by atoms with E-state index in [1.54, 1.807) is 25.2 Å². The number of hydrogen-bond acceptors (Lipinski definition) is 4. The lowest BCUT2D eigenvalue weighted by Gasteiger charge is -2.13. The van der Waals surface area contributed by atoms with E-state index in [2.05, 4.69) is 10.6 Å². The maximum absolute atomic E-state index is 12.0. The van der Waals surface area contributed by atoms with Gasteiger partial charge < -0.3 is 21.1 Å². The van der Waals surface area contributed by atoms with Gasteiger partial charge in [0.2, 0.25) is 0 Å². The topological polar surface area (TPSA) is 76.4 Å². The summed E-state index contributed by atoms with van der Waals surface area (Å²) in [5.41, 5.74) is 8.34. The molecule has 5 nitrogen and oxygen atoms in total. The molecule has 0 aromatic heterocycles. The summed E-state index contributed by atoms with van der Waals surface area (Å²) < 4.78 is 5.77. The third-order valence-electron chi connectivity index (χ3n) is 3.63. The first-order valence-corrected chi connectivity index (χ1v) is 7.87. The summed E-state index contributed by atoms with van der Waals surface area (Å²) in [6.45, 7) is 0. The molecule has 0 saturated heterocycles. The maximum Gasteiger partial charge on any atom is 0.253 e. The van der Waals surface area contributed by atoms with Crippen molar-refractivity contribution in [3.05, 3.63) is 78.4 Å². The minimum atomic E-state index is -0.196. The van der Waals surface area contributed by atoms with Gasteiger partial charge >= 0.3 is 0 Å². The lowest BCUT2D eigenvalue weighted by atomic mass is 10.1. The zero-order valence-electron chi connectivity index (χ0n) is 13.8. The van der Waals surface area contributed by atoms with Gasteiger partial charge in [-0.1, -0.05) is 18.2 Å². The average Bonchev–Trinajstić information content (AvgIpc) is 2.65. The highest BCUT2D eigenvalue weighted by molar-refractivity contribution is 6.01. The molecule has 0 aliphatic carbocycles. The van der Waals surface area contributed by atoms with Gasteiger partial charge in [0, 0.05) is 18.4 Å². The highest BCUT2D eigenvalue weighted by Gasteiger charge is 2.10. The van der Waals surface area contributed by atoms with Crippen LogP contribution in [0.15, 0.2) is 72.8 Å². The van der Waals surface area contributed by atoms with Crippen molar-refractivity contribution >= 4 is 23.0 Å². The molecule has 0 saturated carbocycles. The maximum atomic E-state index is 12.0. The Balaban J connectivity index is 1.77. The Morgan fingerprint density at radius 1 is 0.920 bits per heavy atom. The van der Waals surface area contributed by atoms with Crippen LogP contribution in [0.4, 0.5) is 17.1 Å². The van der Waals surface area contributed by atoms with Crippen LogP contribution < -0.4 is 21.1 Å². The molecule has 126 valence electrons. The van der Waals surface area contributed by atoms with Crippen molar-refractivity contribution in [2.75, 3.05) is 18.1 Å². The molecule has 0 aliphatic heterocycles. The van der Waals surface area contributed by atoms with E-state index in [4.69, 9.17) is 10.5 Å². The second kappa shape index (κ2) is 7.40. The third kappa shape index (κ3) is 4.09. The van der Waals surface area contributed by atoms with Crippen molar-refractivity contribution in [3.8, 4) is 11.5 Å². The van der Waals surface area contributed by atoms with Gasteiger partial charge in [-0.25, -0.2) is 0 Å². The first-order chi connectivity index (χ1) is 12.2. The molecule has 0 radical (unpaired) electrons. The second-order valence-electron chi connectivity index (χ2n) is 5.45. The van der Waals surface area contributed by atoms with E-state index >= 15 is 0 Å². The van der Waals surface area contributed by atoms with Gasteiger partial charge in [0.05, 0.1) is 11.3 Å². The number of nitrogens with two attached hydrogens (primary N) is 1. The summed E-state index contributed by atoms with van der Waals surface area (Å²) in [6, 6.07) is 22.3. The molecule has 0 bridgehead atoms. The number of amides is 1. The third-order valence-corrected chi connectivity index (χ3v) is 3.63. The standard InChI is InChI=1S/C20H19N3O2/c1-22-20(24)18-13-14(21)7-12-19(18)23-15-8-10-17(11-9-15)25-16-5-3-2-4-6-16/h2-13,23H,21H2,1H3,(H,22,24). The lowest BCUT2D eigenvalue weighted by molar-refractivity contribution is 0.0964. The van der Waals surface area contributed by atoms with E-state index in [0.717, 1.165) is 17.2 Å². The summed E-state index contributed by atoms with van der Waals surface area (Å²) in [6.07, 6.45) is 0. The van der Waals surface area contributed by atoms with Crippen LogP contribution in [0.25, 0.3) is 0 Å². The number of carbonyl (C=O) groups is 1. The molecular weight excluding hydrogens is 314 g/mol. The molecule has 0 aliphatic rings. The number of para-hydroxylation sites is 1. The van der Waals surface area contributed by atoms with Crippen LogP contribution in [-0.4, -0.2) is 13.0 Å². The SMILES string of the molecule is CNC(=O)c1cc(N)ccc1Nc1ccc(Oc2ccccc2)cc1. The average molecular weight is 333 g/mol. The molecule has 0 spiro atoms. The van der Waals surface area contributed by atoms with Crippen molar-refractivity contribution < 1.29 is 9.53 Å². The van der Waals surface area contributed by atoms with Crippen molar-refractivity contribution in [1.29, 1.82) is 0 Å². The molecule has 1 amide bonds. The Morgan fingerprint density at radius 3 is 2.28 bits per heavy atom. The monoisotopic (exact) mass is 333 g/mol. The zero-order chi connectivity index (χ0) is 17.6. The Bertz CT molecular complexity index is 862. The molecular formula is C20H19N3O2. The fourth-order valence-electron chi connectivity index (χ4n) is 2.38. The number of hydrogen-bond donors (Lipinski definition) is 3. The first-order valence-electron chi connectivity index (χ1n) is 7.87. The van der Waals surface area contributed by atoms with E-state index in [0.29, 0.717) is 16.9 Å². The van der Waals surface area contributed by atoms with Crippen LogP contribution in [-0.2, 0) is 0 Å². The van der Waals surface area contributed by atoms with Gasteiger partial charge in [-0.2, -0.15) is 0 Å². The van der Waals surface area contributed by atoms with E-state index in [1.807, 2.05) is 54.6 Å². The van der Waals surface area contributed by atoms with E-state index in [1.165, 1.54) is 0 Å². The first kappa shape index (κ1) is 16.4. The van der Waals surface area contributed by atoms with E-state index in [9.17, 15) is 4.79 Å². The normalized spacial score (nSPS) is 10.1. The lowest BCUT2D eigenvalue weighted by Crippen LogP contribution is -2.19. The van der Waals surface area contributed by atoms with Gasteiger partial charge in [-0.05, 0) is 54.6 Å². The number of carbonyl (C=O) groups excluding carboxylic acids is 1. The Labute approximate surface area is 146 Å². The smallest absolute Gasteiger partial charge is 0.253 e. The summed E-state index contributed by atoms with van der Waals surface area (Å²) in [4.78, 5) is 12.0. The van der Waals surface area contributed by atoms with Gasteiger partial charge in [-0.15, -0.1) is 0 Å². The highest BCUT2D eigenvalue weighted by Crippen LogP contribution is 2.26. The second-order valence-corrected chi connectivity index (χ2v) is 5.45. The minimum absolute atomic E-state index is 0.196. The number of ether oxygens (including phenoxy) is 1. The molecule has 0 atom stereocenters. The van der Waals surface area contributed by atoms with Gasteiger partial charge in [0.25, 0.3) is 5.91 Å². The molecule has 3 aromatic rings. The largest absolute Gasteiger partial charge is 0.457 e. The van der Waals surface area contributed by atoms with Crippen LogP contribution in [0.5, 0.6) is 11.5 Å². The Morgan fingerprint density at radius 2 is 1.60 bits per heavy atom. The van der Waals surface area contributed by atoms with Gasteiger partial charge in [-0.3, -0.25) is 4.79 Å². The number of benzene rings is 3. The molecule has 3 aromatic carbocycles. The van der Waals surface area contributed by atoms with Crippen LogP contribution in [0.1, 0.15) is 10.4 Å². The van der Waals surface area contributed by atoms with Crippen LogP contribution >= 0.6 is 0 Å². The predicted octanol–water partition coefficient (Wildman–Crippen LogP) is 4.16. The molecule has 4 N–H and O–H groups in total. The van der Waals surface area contributed by atoms with Crippen molar-refractivity contribution in [2.45, 2.75) is 0 Å². The quantitative estimate of drug-likeness (QED) is 0.613. The Kier molecular flexibility index (Phi) is 4.85. The van der Waals surface area contributed by atoms with Crippen molar-refractivity contribution in [3.63, 3.8) is 0 Å². The summed E-state index contributed by atoms with van der Waals surface area (Å²) in [5.74, 6) is 1.32. The van der Waals surface area contributed by atoms with Crippen LogP contribution in [0.2, 0.25) is 0 Å². The van der Waals surface area contributed by atoms with Crippen molar-refractivity contribution in [1.82, 2.24) is 5.32 Å². The number of rotatable bonds is 5. The van der Waals surface area contributed by atoms with Gasteiger partial charge in [0.15, 0.2) is 0 Å². The number of nitrogen functional groups attached to an aromatic ring is 1. The minimum Gasteiger partial charge on any atom is -0.457 e. The summed E-state index contributed by atoms with van der Waals surface area (Å²) in [7, 11) is 1.59. The molecule has 0 heterocycles. The number of anilines is 3. The molecule has 5 heteroatoms.